The van der Waals surface area contributed by atoms with Crippen molar-refractivity contribution in [1.82, 2.24) is 14.7 Å². The van der Waals surface area contributed by atoms with Gasteiger partial charge in [-0.25, -0.2) is 4.79 Å². The fourth-order valence-corrected chi connectivity index (χ4v) is 4.33. The number of benzene rings is 2. The predicted molar refractivity (Wildman–Crippen MR) is 119 cm³/mol. The second kappa shape index (κ2) is 8.94. The first-order chi connectivity index (χ1) is 15.0. The van der Waals surface area contributed by atoms with Crippen LogP contribution in [0.2, 0.25) is 0 Å². The van der Waals surface area contributed by atoms with E-state index in [0.717, 1.165) is 22.4 Å². The molecule has 3 aromatic rings. The Morgan fingerprint density at radius 2 is 1.87 bits per heavy atom. The van der Waals surface area contributed by atoms with E-state index in [2.05, 4.69) is 5.10 Å². The van der Waals surface area contributed by atoms with Crippen molar-refractivity contribution in [3.05, 3.63) is 78.0 Å². The van der Waals surface area contributed by atoms with Gasteiger partial charge in [-0.15, -0.1) is 0 Å². The molecule has 0 unspecified atom stereocenters. The number of hydrogen-bond acceptors (Lipinski definition) is 4. The van der Waals surface area contributed by atoms with Crippen molar-refractivity contribution in [1.29, 1.82) is 0 Å². The lowest BCUT2D eigenvalue weighted by Crippen LogP contribution is -2.48. The molecule has 1 fully saturated rings. The molecule has 2 atom stereocenters. The van der Waals surface area contributed by atoms with Crippen molar-refractivity contribution in [2.75, 3.05) is 13.2 Å². The van der Waals surface area contributed by atoms with Gasteiger partial charge in [-0.05, 0) is 37.0 Å². The van der Waals surface area contributed by atoms with Crippen LogP contribution in [0.4, 0.5) is 4.79 Å². The van der Waals surface area contributed by atoms with Gasteiger partial charge in [0.25, 0.3) is 0 Å². The van der Waals surface area contributed by atoms with Gasteiger partial charge in [-0.3, -0.25) is 4.68 Å². The van der Waals surface area contributed by atoms with Crippen molar-refractivity contribution in [2.24, 2.45) is 7.05 Å². The molecular weight excluding hydrogens is 390 g/mol. The summed E-state index contributed by atoms with van der Waals surface area (Å²) in [6, 6.07) is 19.9. The standard InChI is InChI=1S/C25H29N3O3/c1-19(20-9-11-21(12-10-20)23-13-16-27(2)26-23)28-17-15-25(14-6-18-29,31-24(28)30)22-7-4-3-5-8-22/h3-5,7-13,16,19,29H,6,14-15,17-18H2,1-2H3/t19-,25+/m0/s1. The van der Waals surface area contributed by atoms with E-state index in [4.69, 9.17) is 4.74 Å². The van der Waals surface area contributed by atoms with Crippen LogP contribution in [0.15, 0.2) is 66.9 Å². The van der Waals surface area contributed by atoms with Gasteiger partial charge in [-0.1, -0.05) is 54.6 Å². The maximum atomic E-state index is 13.1. The molecule has 6 heteroatoms. The molecule has 1 N–H and O–H groups in total. The van der Waals surface area contributed by atoms with Gasteiger partial charge in [0, 0.05) is 38.4 Å². The molecular formula is C25H29N3O3. The number of aromatic nitrogens is 2. The lowest BCUT2D eigenvalue weighted by atomic mass is 9.84. The van der Waals surface area contributed by atoms with Gasteiger partial charge in [-0.2, -0.15) is 5.10 Å². The predicted octanol–water partition coefficient (Wildman–Crippen LogP) is 4.66. The van der Waals surface area contributed by atoms with E-state index < -0.39 is 5.60 Å². The largest absolute Gasteiger partial charge is 0.438 e. The highest BCUT2D eigenvalue weighted by Gasteiger charge is 2.43. The zero-order valence-corrected chi connectivity index (χ0v) is 18.1. The maximum Gasteiger partial charge on any atom is 0.411 e. The Balaban J connectivity index is 1.50. The number of aliphatic hydroxyl groups excluding tert-OH is 1. The van der Waals surface area contributed by atoms with Crippen LogP contribution in [0.1, 0.15) is 43.4 Å². The summed E-state index contributed by atoms with van der Waals surface area (Å²) in [6.07, 6.45) is 3.51. The van der Waals surface area contributed by atoms with Gasteiger partial charge in [0.2, 0.25) is 0 Å². The molecule has 2 aromatic carbocycles. The van der Waals surface area contributed by atoms with Crippen LogP contribution in [0, 0.1) is 0 Å². The summed E-state index contributed by atoms with van der Waals surface area (Å²) in [5.41, 5.74) is 3.34. The molecule has 0 bridgehead atoms. The van der Waals surface area contributed by atoms with Gasteiger partial charge < -0.3 is 14.7 Å². The summed E-state index contributed by atoms with van der Waals surface area (Å²) in [5.74, 6) is 0. The van der Waals surface area contributed by atoms with Crippen molar-refractivity contribution >= 4 is 6.09 Å². The molecule has 0 radical (unpaired) electrons. The van der Waals surface area contributed by atoms with E-state index in [9.17, 15) is 9.90 Å². The molecule has 6 nitrogen and oxygen atoms in total. The fourth-order valence-electron chi connectivity index (χ4n) is 4.33. The summed E-state index contributed by atoms with van der Waals surface area (Å²) in [4.78, 5) is 14.9. The van der Waals surface area contributed by atoms with E-state index in [1.165, 1.54) is 0 Å². The number of rotatable bonds is 7. The zero-order valence-electron chi connectivity index (χ0n) is 18.1. The number of carbonyl (C=O) groups is 1. The Kier molecular flexibility index (Phi) is 6.09. The normalized spacial score (nSPS) is 19.8. The quantitative estimate of drug-likeness (QED) is 0.605. The molecule has 31 heavy (non-hydrogen) atoms. The molecule has 162 valence electrons. The van der Waals surface area contributed by atoms with Crippen LogP contribution in [0.25, 0.3) is 11.3 Å². The molecule has 0 spiro atoms. The van der Waals surface area contributed by atoms with Crippen LogP contribution >= 0.6 is 0 Å². The van der Waals surface area contributed by atoms with Crippen LogP contribution in [-0.2, 0) is 17.4 Å². The second-order valence-corrected chi connectivity index (χ2v) is 8.17. The number of nitrogens with zero attached hydrogens (tertiary/aromatic N) is 3. The van der Waals surface area contributed by atoms with E-state index in [0.29, 0.717) is 25.8 Å². The van der Waals surface area contributed by atoms with Crippen molar-refractivity contribution in [3.8, 4) is 11.3 Å². The van der Waals surface area contributed by atoms with E-state index in [-0.39, 0.29) is 18.7 Å². The van der Waals surface area contributed by atoms with Crippen LogP contribution in [-0.4, -0.2) is 39.0 Å². The molecule has 4 rings (SSSR count). The van der Waals surface area contributed by atoms with E-state index in [1.54, 1.807) is 9.58 Å². The molecule has 2 heterocycles. The maximum absolute atomic E-state index is 13.1. The van der Waals surface area contributed by atoms with E-state index in [1.807, 2.05) is 80.8 Å². The van der Waals surface area contributed by atoms with Gasteiger partial charge in [0.15, 0.2) is 0 Å². The highest BCUT2D eigenvalue weighted by Crippen LogP contribution is 2.40. The molecule has 0 aliphatic carbocycles. The van der Waals surface area contributed by atoms with Gasteiger partial charge in [0.05, 0.1) is 11.7 Å². The average Bonchev–Trinajstić information content (AvgIpc) is 3.24. The highest BCUT2D eigenvalue weighted by molar-refractivity contribution is 5.70. The lowest BCUT2D eigenvalue weighted by molar-refractivity contribution is -0.0680. The number of aliphatic hydroxyl groups is 1. The molecule has 1 aliphatic rings. The Bertz CT molecular complexity index is 1020. The summed E-state index contributed by atoms with van der Waals surface area (Å²) >= 11 is 0. The monoisotopic (exact) mass is 419 g/mol. The molecule has 1 amide bonds. The molecule has 1 aliphatic heterocycles. The Hall–Kier alpha value is -3.12. The lowest BCUT2D eigenvalue weighted by Gasteiger charge is -2.43. The van der Waals surface area contributed by atoms with Crippen LogP contribution in [0.3, 0.4) is 0 Å². The summed E-state index contributed by atoms with van der Waals surface area (Å²) in [7, 11) is 1.90. The average molecular weight is 420 g/mol. The minimum absolute atomic E-state index is 0.0782. The Morgan fingerprint density at radius 1 is 1.13 bits per heavy atom. The van der Waals surface area contributed by atoms with Crippen molar-refractivity contribution < 1.29 is 14.6 Å². The van der Waals surface area contributed by atoms with Crippen molar-refractivity contribution in [2.45, 2.75) is 37.8 Å². The number of cyclic esters (lactones) is 1. The number of aryl methyl sites for hydroxylation is 1. The Labute approximate surface area is 183 Å². The molecule has 1 saturated heterocycles. The second-order valence-electron chi connectivity index (χ2n) is 8.17. The number of ether oxygens (including phenoxy) is 1. The van der Waals surface area contributed by atoms with Crippen molar-refractivity contribution in [3.63, 3.8) is 0 Å². The zero-order chi connectivity index (χ0) is 21.8. The first kappa shape index (κ1) is 21.1. The SMILES string of the molecule is C[C@@H](c1ccc(-c2ccn(C)n2)cc1)N1CC[C@](CCCO)(c2ccccc2)OC1=O. The van der Waals surface area contributed by atoms with Crippen LogP contribution < -0.4 is 0 Å². The first-order valence-corrected chi connectivity index (χ1v) is 10.8. The molecule has 0 saturated carbocycles. The third kappa shape index (κ3) is 4.35. The topological polar surface area (TPSA) is 67.6 Å². The van der Waals surface area contributed by atoms with E-state index >= 15 is 0 Å². The highest BCUT2D eigenvalue weighted by atomic mass is 16.6. The Morgan fingerprint density at radius 3 is 2.48 bits per heavy atom. The first-order valence-electron chi connectivity index (χ1n) is 10.8. The fraction of sp³-hybridized carbons (Fsp3) is 0.360. The summed E-state index contributed by atoms with van der Waals surface area (Å²) in [5, 5.41) is 13.8. The number of amides is 1. The molecule has 1 aromatic heterocycles. The van der Waals surface area contributed by atoms with Gasteiger partial charge in [0.1, 0.15) is 5.60 Å². The minimum atomic E-state index is -0.680. The third-order valence-corrected chi connectivity index (χ3v) is 6.18. The smallest absolute Gasteiger partial charge is 0.411 e. The van der Waals surface area contributed by atoms with Crippen LogP contribution in [0.5, 0.6) is 0 Å². The minimum Gasteiger partial charge on any atom is -0.438 e. The number of hydrogen-bond donors (Lipinski definition) is 1. The number of carbonyl (C=O) groups excluding carboxylic acids is 1. The summed E-state index contributed by atoms with van der Waals surface area (Å²) in [6.45, 7) is 2.71. The third-order valence-electron chi connectivity index (χ3n) is 6.18. The summed E-state index contributed by atoms with van der Waals surface area (Å²) < 4.78 is 7.86. The van der Waals surface area contributed by atoms with Gasteiger partial charge >= 0.3 is 6.09 Å².